The maximum atomic E-state index is 9.36. The number of fused-ring (bicyclic) bond motifs is 1. The van der Waals surface area contributed by atoms with Crippen LogP contribution < -0.4 is 5.73 Å². The van der Waals surface area contributed by atoms with Gasteiger partial charge in [-0.15, -0.1) is 0 Å². The lowest BCUT2D eigenvalue weighted by molar-refractivity contribution is 1.26. The number of hydrogen-bond donors (Lipinski definition) is 1. The first-order valence-corrected chi connectivity index (χ1v) is 6.56. The molecule has 0 saturated heterocycles. The predicted octanol–water partition coefficient (Wildman–Crippen LogP) is 2.91. The minimum Gasteiger partial charge on any atom is -0.383 e. The number of nitrogens with zero attached hydrogens (tertiary/aromatic N) is 4. The van der Waals surface area contributed by atoms with E-state index in [0.29, 0.717) is 22.5 Å². The fraction of sp³-hybridized carbons (Fsp3) is 0. The number of nitrogen functional groups attached to an aromatic ring is 1. The van der Waals surface area contributed by atoms with E-state index in [1.807, 2.05) is 24.3 Å². The summed E-state index contributed by atoms with van der Waals surface area (Å²) in [5, 5.41) is 10.1. The number of anilines is 1. The van der Waals surface area contributed by atoms with Crippen molar-refractivity contribution in [3.05, 3.63) is 46.7 Å². The van der Waals surface area contributed by atoms with Crippen LogP contribution in [0.4, 0.5) is 5.82 Å². The molecule has 0 aromatic carbocycles. The Labute approximate surface area is 123 Å². The molecule has 6 heteroatoms. The van der Waals surface area contributed by atoms with Crippen LogP contribution in [0, 0.1) is 11.3 Å². The van der Waals surface area contributed by atoms with Crippen LogP contribution in [0.3, 0.4) is 0 Å². The number of hydrogen-bond acceptors (Lipinski definition) is 5. The topological polar surface area (TPSA) is 88.5 Å². The molecule has 3 rings (SSSR count). The second kappa shape index (κ2) is 4.87. The number of rotatable bonds is 1. The second-order valence-electron chi connectivity index (χ2n) is 4.10. The Morgan fingerprint density at radius 3 is 2.80 bits per heavy atom. The summed E-state index contributed by atoms with van der Waals surface area (Å²) < 4.78 is 0.803. The van der Waals surface area contributed by atoms with Gasteiger partial charge in [0.1, 0.15) is 17.5 Å². The third-order valence-electron chi connectivity index (χ3n) is 2.87. The van der Waals surface area contributed by atoms with Crippen molar-refractivity contribution in [1.29, 1.82) is 5.26 Å². The molecule has 20 heavy (non-hydrogen) atoms. The zero-order valence-corrected chi connectivity index (χ0v) is 11.8. The Bertz CT molecular complexity index is 840. The van der Waals surface area contributed by atoms with Crippen molar-refractivity contribution in [2.24, 2.45) is 0 Å². The van der Waals surface area contributed by atoms with E-state index in [1.165, 1.54) is 0 Å². The van der Waals surface area contributed by atoms with Gasteiger partial charge in [-0.3, -0.25) is 4.98 Å². The molecule has 0 spiro atoms. The van der Waals surface area contributed by atoms with Crippen molar-refractivity contribution in [3.63, 3.8) is 0 Å². The molecule has 3 heterocycles. The molecule has 5 nitrogen and oxygen atoms in total. The zero-order chi connectivity index (χ0) is 14.1. The molecule has 0 amide bonds. The summed E-state index contributed by atoms with van der Waals surface area (Å²) in [4.78, 5) is 12.7. The lowest BCUT2D eigenvalue weighted by atomic mass is 10.0. The van der Waals surface area contributed by atoms with Gasteiger partial charge in [-0.05, 0) is 34.1 Å². The molecule has 0 aliphatic heterocycles. The summed E-state index contributed by atoms with van der Waals surface area (Å²) >= 11 is 3.38. The minimum absolute atomic E-state index is 0.162. The monoisotopic (exact) mass is 325 g/mol. The maximum absolute atomic E-state index is 9.36. The Morgan fingerprint density at radius 1 is 1.25 bits per heavy atom. The highest BCUT2D eigenvalue weighted by Gasteiger charge is 2.16. The van der Waals surface area contributed by atoms with Crippen molar-refractivity contribution < 1.29 is 0 Å². The number of halogens is 1. The molecule has 0 fully saturated rings. The third-order valence-corrected chi connectivity index (χ3v) is 3.30. The summed E-state index contributed by atoms with van der Waals surface area (Å²) in [6.07, 6.45) is 3.31. The van der Waals surface area contributed by atoms with Gasteiger partial charge in [-0.1, -0.05) is 6.07 Å². The van der Waals surface area contributed by atoms with Crippen molar-refractivity contribution in [2.45, 2.75) is 0 Å². The van der Waals surface area contributed by atoms with Crippen LogP contribution in [0.1, 0.15) is 5.56 Å². The fourth-order valence-electron chi connectivity index (χ4n) is 2.03. The molecule has 0 bridgehead atoms. The van der Waals surface area contributed by atoms with Crippen LogP contribution >= 0.6 is 15.9 Å². The van der Waals surface area contributed by atoms with Gasteiger partial charge in [-0.2, -0.15) is 5.26 Å². The highest BCUT2D eigenvalue weighted by Crippen LogP contribution is 2.32. The number of aromatic nitrogens is 3. The Morgan fingerprint density at radius 2 is 2.10 bits per heavy atom. The van der Waals surface area contributed by atoms with Gasteiger partial charge in [0.05, 0.1) is 5.69 Å². The smallest absolute Gasteiger partial charge is 0.162 e. The average molecular weight is 326 g/mol. The second-order valence-corrected chi connectivity index (χ2v) is 5.01. The molecule has 0 aliphatic carbocycles. The standard InChI is InChI=1S/C14H8BrN5/c15-8-5-9-12(11-3-1-2-4-18-11)10(6-16)13(17)20-14(9)19-7-8/h1-5,7H,(H2,17,19,20). The van der Waals surface area contributed by atoms with Gasteiger partial charge in [0.2, 0.25) is 0 Å². The van der Waals surface area contributed by atoms with Crippen LogP contribution in [0.25, 0.3) is 22.3 Å². The van der Waals surface area contributed by atoms with Gasteiger partial charge in [0.25, 0.3) is 0 Å². The molecule has 3 aromatic rings. The zero-order valence-electron chi connectivity index (χ0n) is 10.2. The van der Waals surface area contributed by atoms with Gasteiger partial charge >= 0.3 is 0 Å². The first-order chi connectivity index (χ1) is 9.70. The van der Waals surface area contributed by atoms with E-state index in [9.17, 15) is 5.26 Å². The van der Waals surface area contributed by atoms with Gasteiger partial charge in [0, 0.05) is 27.8 Å². The van der Waals surface area contributed by atoms with Crippen LogP contribution in [-0.4, -0.2) is 15.0 Å². The van der Waals surface area contributed by atoms with Gasteiger partial charge in [0.15, 0.2) is 5.65 Å². The van der Waals surface area contributed by atoms with Gasteiger partial charge in [-0.25, -0.2) is 9.97 Å². The highest BCUT2D eigenvalue weighted by atomic mass is 79.9. The average Bonchev–Trinajstić information content (AvgIpc) is 2.47. The first kappa shape index (κ1) is 12.5. The van der Waals surface area contributed by atoms with Crippen molar-refractivity contribution in [3.8, 4) is 17.3 Å². The van der Waals surface area contributed by atoms with Crippen LogP contribution in [0.5, 0.6) is 0 Å². The van der Waals surface area contributed by atoms with Crippen LogP contribution in [0.15, 0.2) is 41.1 Å². The molecule has 3 aromatic heterocycles. The highest BCUT2D eigenvalue weighted by molar-refractivity contribution is 9.10. The molecule has 2 N–H and O–H groups in total. The van der Waals surface area contributed by atoms with Crippen molar-refractivity contribution in [1.82, 2.24) is 15.0 Å². The lowest BCUT2D eigenvalue weighted by Gasteiger charge is -2.09. The van der Waals surface area contributed by atoms with Crippen LogP contribution in [0.2, 0.25) is 0 Å². The summed E-state index contributed by atoms with van der Waals surface area (Å²) in [6.45, 7) is 0. The Balaban J connectivity index is 2.49. The molecular formula is C14H8BrN5. The number of nitrogens with two attached hydrogens (primary N) is 1. The van der Waals surface area contributed by atoms with Crippen LogP contribution in [-0.2, 0) is 0 Å². The molecule has 0 radical (unpaired) electrons. The fourth-order valence-corrected chi connectivity index (χ4v) is 2.36. The molecular weight excluding hydrogens is 318 g/mol. The largest absolute Gasteiger partial charge is 0.383 e. The summed E-state index contributed by atoms with van der Waals surface area (Å²) in [7, 11) is 0. The first-order valence-electron chi connectivity index (χ1n) is 5.77. The summed E-state index contributed by atoms with van der Waals surface area (Å²) in [5.41, 5.74) is 7.99. The molecule has 0 saturated carbocycles. The Hall–Kier alpha value is -2.52. The molecule has 0 aliphatic rings. The summed E-state index contributed by atoms with van der Waals surface area (Å²) in [5.74, 6) is 0.162. The van der Waals surface area contributed by atoms with E-state index in [1.54, 1.807) is 12.4 Å². The maximum Gasteiger partial charge on any atom is 0.162 e. The predicted molar refractivity (Wildman–Crippen MR) is 79.6 cm³/mol. The van der Waals surface area contributed by atoms with E-state index >= 15 is 0 Å². The summed E-state index contributed by atoms with van der Waals surface area (Å²) in [6, 6.07) is 9.47. The van der Waals surface area contributed by atoms with Gasteiger partial charge < -0.3 is 5.73 Å². The van der Waals surface area contributed by atoms with Crippen molar-refractivity contribution >= 4 is 32.8 Å². The lowest BCUT2D eigenvalue weighted by Crippen LogP contribution is -2.01. The van der Waals surface area contributed by atoms with E-state index in [0.717, 1.165) is 9.86 Å². The number of nitriles is 1. The normalized spacial score (nSPS) is 10.4. The van der Waals surface area contributed by atoms with E-state index in [2.05, 4.69) is 37.0 Å². The molecule has 0 unspecified atom stereocenters. The van der Waals surface area contributed by atoms with E-state index in [4.69, 9.17) is 5.73 Å². The van der Waals surface area contributed by atoms with E-state index in [-0.39, 0.29) is 5.82 Å². The third kappa shape index (κ3) is 1.98. The quantitative estimate of drug-likeness (QED) is 0.743. The molecule has 96 valence electrons. The van der Waals surface area contributed by atoms with E-state index < -0.39 is 0 Å². The number of pyridine rings is 3. The SMILES string of the molecule is N#Cc1c(N)nc2ncc(Br)cc2c1-c1ccccn1. The Kier molecular flexibility index (Phi) is 3.05. The minimum atomic E-state index is 0.162. The molecule has 0 atom stereocenters. The van der Waals surface area contributed by atoms with Crippen molar-refractivity contribution in [2.75, 3.05) is 5.73 Å².